The number of esters is 1. The summed E-state index contributed by atoms with van der Waals surface area (Å²) in [7, 11) is 1.39. The molecule has 0 aromatic rings. The topological polar surface area (TPSA) is 43.4 Å². The minimum Gasteiger partial charge on any atom is -0.469 e. The zero-order chi connectivity index (χ0) is 11.1. The molecule has 0 amide bonds. The molecule has 0 fully saturated rings. The molecule has 1 unspecified atom stereocenters. The van der Waals surface area contributed by atoms with Crippen molar-refractivity contribution < 1.29 is 14.3 Å². The smallest absolute Gasteiger partial charge is 0.305 e. The second kappa shape index (κ2) is 6.57. The van der Waals surface area contributed by atoms with Gasteiger partial charge in [0.1, 0.15) is 5.78 Å². The highest BCUT2D eigenvalue weighted by molar-refractivity contribution is 5.75. The lowest BCUT2D eigenvalue weighted by Crippen LogP contribution is -2.16. The van der Waals surface area contributed by atoms with Gasteiger partial charge in [0.15, 0.2) is 0 Å². The highest BCUT2D eigenvalue weighted by Crippen LogP contribution is 2.21. The molecule has 0 aliphatic heterocycles. The van der Waals surface area contributed by atoms with E-state index >= 15 is 0 Å². The van der Waals surface area contributed by atoms with Crippen molar-refractivity contribution in [3.8, 4) is 0 Å². The lowest BCUT2D eigenvalue weighted by Gasteiger charge is -2.18. The number of rotatable bonds is 6. The molecule has 0 bridgehead atoms. The van der Waals surface area contributed by atoms with Crippen LogP contribution in [0.25, 0.3) is 0 Å². The number of hydrogen-bond donors (Lipinski definition) is 0. The van der Waals surface area contributed by atoms with Crippen LogP contribution in [-0.4, -0.2) is 18.9 Å². The fraction of sp³-hybridized carbons (Fsp3) is 0.818. The first kappa shape index (κ1) is 13.1. The van der Waals surface area contributed by atoms with Crippen LogP contribution >= 0.6 is 0 Å². The Morgan fingerprint density at radius 1 is 1.29 bits per heavy atom. The van der Waals surface area contributed by atoms with Gasteiger partial charge >= 0.3 is 5.97 Å². The predicted molar refractivity (Wildman–Crippen MR) is 54.9 cm³/mol. The number of carbonyl (C=O) groups excluding carboxylic acids is 2. The van der Waals surface area contributed by atoms with Gasteiger partial charge in [0, 0.05) is 12.8 Å². The summed E-state index contributed by atoms with van der Waals surface area (Å²) in [6.45, 7) is 5.71. The molecule has 3 nitrogen and oxygen atoms in total. The van der Waals surface area contributed by atoms with Crippen LogP contribution in [0.3, 0.4) is 0 Å². The van der Waals surface area contributed by atoms with Gasteiger partial charge in [0.25, 0.3) is 0 Å². The van der Waals surface area contributed by atoms with Crippen LogP contribution in [0, 0.1) is 11.8 Å². The SMILES string of the molecule is COC(=O)CC(CCC(C)=O)C(C)C. The minimum absolute atomic E-state index is 0.181. The second-order valence-electron chi connectivity index (χ2n) is 4.03. The summed E-state index contributed by atoms with van der Waals surface area (Å²) in [6.07, 6.45) is 1.75. The zero-order valence-corrected chi connectivity index (χ0v) is 9.50. The Morgan fingerprint density at radius 2 is 1.86 bits per heavy atom. The first-order valence-corrected chi connectivity index (χ1v) is 5.03. The van der Waals surface area contributed by atoms with Gasteiger partial charge in [-0.15, -0.1) is 0 Å². The molecule has 0 saturated carbocycles. The van der Waals surface area contributed by atoms with E-state index in [0.717, 1.165) is 6.42 Å². The zero-order valence-electron chi connectivity index (χ0n) is 9.50. The van der Waals surface area contributed by atoms with Gasteiger partial charge in [0.2, 0.25) is 0 Å². The van der Waals surface area contributed by atoms with Gasteiger partial charge in [-0.2, -0.15) is 0 Å². The van der Waals surface area contributed by atoms with Crippen molar-refractivity contribution in [2.45, 2.75) is 40.0 Å². The molecular formula is C11H20O3. The Morgan fingerprint density at radius 3 is 2.21 bits per heavy atom. The number of methoxy groups -OCH3 is 1. The van der Waals surface area contributed by atoms with Crippen molar-refractivity contribution >= 4 is 11.8 Å². The van der Waals surface area contributed by atoms with Crippen molar-refractivity contribution in [2.75, 3.05) is 7.11 Å². The van der Waals surface area contributed by atoms with Gasteiger partial charge in [-0.1, -0.05) is 13.8 Å². The molecule has 0 heterocycles. The standard InChI is InChI=1S/C11H20O3/c1-8(2)10(6-5-9(3)12)7-11(13)14-4/h8,10H,5-7H2,1-4H3. The van der Waals surface area contributed by atoms with E-state index in [0.29, 0.717) is 18.8 Å². The van der Waals surface area contributed by atoms with Crippen LogP contribution in [-0.2, 0) is 14.3 Å². The van der Waals surface area contributed by atoms with E-state index in [1.165, 1.54) is 7.11 Å². The second-order valence-corrected chi connectivity index (χ2v) is 4.03. The predicted octanol–water partition coefficient (Wildman–Crippen LogP) is 2.19. The summed E-state index contributed by atoms with van der Waals surface area (Å²) in [4.78, 5) is 21.9. The molecule has 0 aliphatic carbocycles. The number of Topliss-reactive ketones (excluding diaryl/α,β-unsaturated/α-hetero) is 1. The molecular weight excluding hydrogens is 180 g/mol. The van der Waals surface area contributed by atoms with Crippen LogP contribution in [0.4, 0.5) is 0 Å². The van der Waals surface area contributed by atoms with E-state index in [1.54, 1.807) is 6.92 Å². The van der Waals surface area contributed by atoms with Gasteiger partial charge in [0.05, 0.1) is 7.11 Å². The molecule has 1 atom stereocenters. The third-order valence-corrected chi connectivity index (χ3v) is 2.47. The Kier molecular flexibility index (Phi) is 6.17. The average molecular weight is 200 g/mol. The summed E-state index contributed by atoms with van der Waals surface area (Å²) < 4.78 is 4.61. The summed E-state index contributed by atoms with van der Waals surface area (Å²) in [5.41, 5.74) is 0. The normalized spacial score (nSPS) is 12.6. The lowest BCUT2D eigenvalue weighted by molar-refractivity contribution is -0.142. The van der Waals surface area contributed by atoms with Crippen LogP contribution < -0.4 is 0 Å². The van der Waals surface area contributed by atoms with Gasteiger partial charge in [-0.25, -0.2) is 0 Å². The first-order chi connectivity index (χ1) is 6.47. The average Bonchev–Trinajstić information content (AvgIpc) is 2.10. The fourth-order valence-electron chi connectivity index (χ4n) is 1.36. The number of hydrogen-bond acceptors (Lipinski definition) is 3. The van der Waals surface area contributed by atoms with E-state index in [2.05, 4.69) is 18.6 Å². The molecule has 82 valence electrons. The van der Waals surface area contributed by atoms with Crippen molar-refractivity contribution in [1.82, 2.24) is 0 Å². The summed E-state index contributed by atoms with van der Waals surface area (Å²) in [5, 5.41) is 0. The summed E-state index contributed by atoms with van der Waals surface area (Å²) >= 11 is 0. The highest BCUT2D eigenvalue weighted by Gasteiger charge is 2.18. The monoisotopic (exact) mass is 200 g/mol. The maximum Gasteiger partial charge on any atom is 0.305 e. The molecule has 0 spiro atoms. The minimum atomic E-state index is -0.188. The van der Waals surface area contributed by atoms with E-state index in [1.807, 2.05) is 0 Å². The van der Waals surface area contributed by atoms with Crippen molar-refractivity contribution in [3.63, 3.8) is 0 Å². The number of ketones is 1. The third kappa shape index (κ3) is 5.73. The van der Waals surface area contributed by atoms with Crippen LogP contribution in [0.1, 0.15) is 40.0 Å². The van der Waals surface area contributed by atoms with Crippen molar-refractivity contribution in [1.29, 1.82) is 0 Å². The molecule has 0 aromatic heterocycles. The molecule has 0 N–H and O–H groups in total. The Balaban J connectivity index is 4.02. The lowest BCUT2D eigenvalue weighted by atomic mass is 9.88. The molecule has 3 heteroatoms. The molecule has 0 aromatic carbocycles. The van der Waals surface area contributed by atoms with E-state index in [9.17, 15) is 9.59 Å². The first-order valence-electron chi connectivity index (χ1n) is 5.03. The van der Waals surface area contributed by atoms with E-state index < -0.39 is 0 Å². The van der Waals surface area contributed by atoms with Crippen LogP contribution in [0.15, 0.2) is 0 Å². The Labute approximate surface area is 85.8 Å². The molecule has 0 saturated heterocycles. The van der Waals surface area contributed by atoms with Crippen LogP contribution in [0.5, 0.6) is 0 Å². The van der Waals surface area contributed by atoms with Crippen molar-refractivity contribution in [3.05, 3.63) is 0 Å². The summed E-state index contributed by atoms with van der Waals surface area (Å²) in [5.74, 6) is 0.660. The molecule has 14 heavy (non-hydrogen) atoms. The van der Waals surface area contributed by atoms with E-state index in [4.69, 9.17) is 0 Å². The fourth-order valence-corrected chi connectivity index (χ4v) is 1.36. The van der Waals surface area contributed by atoms with Gasteiger partial charge in [-0.3, -0.25) is 4.79 Å². The molecule has 0 rings (SSSR count). The van der Waals surface area contributed by atoms with Crippen molar-refractivity contribution in [2.24, 2.45) is 11.8 Å². The maximum absolute atomic E-state index is 11.1. The quantitative estimate of drug-likeness (QED) is 0.617. The Bertz CT molecular complexity index is 197. The third-order valence-electron chi connectivity index (χ3n) is 2.47. The molecule has 0 aliphatic rings. The number of carbonyl (C=O) groups is 2. The van der Waals surface area contributed by atoms with Gasteiger partial charge < -0.3 is 9.53 Å². The Hall–Kier alpha value is -0.860. The van der Waals surface area contributed by atoms with Gasteiger partial charge in [-0.05, 0) is 25.2 Å². The largest absolute Gasteiger partial charge is 0.469 e. The van der Waals surface area contributed by atoms with E-state index in [-0.39, 0.29) is 17.7 Å². The van der Waals surface area contributed by atoms with Crippen LogP contribution in [0.2, 0.25) is 0 Å². The highest BCUT2D eigenvalue weighted by atomic mass is 16.5. The number of ether oxygens (including phenoxy) is 1. The summed E-state index contributed by atoms with van der Waals surface area (Å²) in [6, 6.07) is 0. The molecule has 0 radical (unpaired) electrons. The maximum atomic E-state index is 11.1.